The van der Waals surface area contributed by atoms with Crippen LogP contribution in [0.5, 0.6) is 0 Å². The molecular weight excluding hydrogens is 318 g/mol. The van der Waals surface area contributed by atoms with Crippen LogP contribution in [0.25, 0.3) is 0 Å². The average Bonchev–Trinajstić information content (AvgIpc) is 2.64. The van der Waals surface area contributed by atoms with Gasteiger partial charge in [0, 0.05) is 42.5 Å². The minimum atomic E-state index is 0.237. The van der Waals surface area contributed by atoms with Gasteiger partial charge in [0.2, 0.25) is 0 Å². The van der Waals surface area contributed by atoms with Crippen LogP contribution >= 0.6 is 11.8 Å². The Balaban J connectivity index is 1.50. The van der Waals surface area contributed by atoms with Crippen molar-refractivity contribution in [1.82, 2.24) is 4.98 Å². The largest absolute Gasteiger partial charge is 0.396 e. The highest BCUT2D eigenvalue weighted by Gasteiger charge is 2.19. The normalized spacial score (nSPS) is 15.5. The summed E-state index contributed by atoms with van der Waals surface area (Å²) in [4.78, 5) is 6.91. The number of rotatable bonds is 7. The van der Waals surface area contributed by atoms with Crippen molar-refractivity contribution < 1.29 is 5.11 Å². The van der Waals surface area contributed by atoms with Gasteiger partial charge in [0.15, 0.2) is 0 Å². The van der Waals surface area contributed by atoms with Gasteiger partial charge in [-0.25, -0.2) is 4.98 Å². The van der Waals surface area contributed by atoms with Gasteiger partial charge in [-0.15, -0.1) is 0 Å². The standard InChI is InChI=1S/C19H25N3OS/c23-12-13-24-15-16-6-9-20-19(14-16)21-17-7-10-22(11-8-17)18-4-2-1-3-5-18/h1-6,9,14,17,23H,7-8,10-13,15H2,(H,20,21). The summed E-state index contributed by atoms with van der Waals surface area (Å²) >= 11 is 1.75. The molecule has 2 N–H and O–H groups in total. The van der Waals surface area contributed by atoms with Gasteiger partial charge >= 0.3 is 0 Å². The maximum atomic E-state index is 8.87. The van der Waals surface area contributed by atoms with Crippen molar-refractivity contribution in [2.24, 2.45) is 0 Å². The van der Waals surface area contributed by atoms with Gasteiger partial charge in [-0.05, 0) is 42.7 Å². The zero-order chi connectivity index (χ0) is 16.6. The highest BCUT2D eigenvalue weighted by atomic mass is 32.2. The van der Waals surface area contributed by atoms with Crippen molar-refractivity contribution >= 4 is 23.3 Å². The molecule has 0 saturated carbocycles. The molecular formula is C19H25N3OS. The molecule has 1 aromatic heterocycles. The third-order valence-electron chi connectivity index (χ3n) is 4.30. The fourth-order valence-electron chi connectivity index (χ4n) is 3.03. The minimum Gasteiger partial charge on any atom is -0.396 e. The molecule has 4 nitrogen and oxygen atoms in total. The van der Waals surface area contributed by atoms with Gasteiger partial charge in [-0.2, -0.15) is 11.8 Å². The molecule has 0 atom stereocenters. The number of para-hydroxylation sites is 1. The number of hydrogen-bond donors (Lipinski definition) is 2. The Bertz CT molecular complexity index is 615. The molecule has 128 valence electrons. The lowest BCUT2D eigenvalue weighted by Gasteiger charge is -2.34. The third-order valence-corrected chi connectivity index (χ3v) is 5.31. The first kappa shape index (κ1) is 17.1. The van der Waals surface area contributed by atoms with E-state index in [4.69, 9.17) is 5.11 Å². The van der Waals surface area contributed by atoms with Gasteiger partial charge in [-0.3, -0.25) is 0 Å². The first-order valence-electron chi connectivity index (χ1n) is 8.55. The summed E-state index contributed by atoms with van der Waals surface area (Å²) in [5.74, 6) is 2.67. The molecule has 3 rings (SSSR count). The molecule has 1 saturated heterocycles. The Hall–Kier alpha value is -1.72. The second kappa shape index (κ2) is 8.94. The number of piperidine rings is 1. The molecule has 0 spiro atoms. The van der Waals surface area contributed by atoms with Crippen LogP contribution in [0.15, 0.2) is 48.7 Å². The molecule has 1 fully saturated rings. The second-order valence-corrected chi connectivity index (χ2v) is 7.17. The highest BCUT2D eigenvalue weighted by molar-refractivity contribution is 7.98. The summed E-state index contributed by atoms with van der Waals surface area (Å²) in [5.41, 5.74) is 2.57. The lowest BCUT2D eigenvalue weighted by atomic mass is 10.0. The number of pyridine rings is 1. The van der Waals surface area contributed by atoms with Crippen LogP contribution in [0, 0.1) is 0 Å². The van der Waals surface area contributed by atoms with Crippen molar-refractivity contribution in [1.29, 1.82) is 0 Å². The minimum absolute atomic E-state index is 0.237. The summed E-state index contributed by atoms with van der Waals surface area (Å²) in [6, 6.07) is 15.3. The highest BCUT2D eigenvalue weighted by Crippen LogP contribution is 2.22. The Morgan fingerprint density at radius 2 is 1.96 bits per heavy atom. The molecule has 0 bridgehead atoms. The number of aliphatic hydroxyl groups excluding tert-OH is 1. The molecule has 2 aromatic rings. The van der Waals surface area contributed by atoms with Crippen LogP contribution < -0.4 is 10.2 Å². The van der Waals surface area contributed by atoms with Crippen LogP contribution in [0.3, 0.4) is 0 Å². The molecule has 0 amide bonds. The zero-order valence-corrected chi connectivity index (χ0v) is 14.7. The number of nitrogens with one attached hydrogen (secondary N) is 1. The van der Waals surface area contributed by atoms with Gasteiger partial charge in [0.05, 0.1) is 6.61 Å². The van der Waals surface area contributed by atoms with Crippen molar-refractivity contribution in [3.8, 4) is 0 Å². The molecule has 5 heteroatoms. The number of nitrogens with zero attached hydrogens (tertiary/aromatic N) is 2. The summed E-state index contributed by atoms with van der Waals surface area (Å²) in [5, 5.41) is 12.5. The van der Waals surface area contributed by atoms with Gasteiger partial charge in [0.25, 0.3) is 0 Å². The van der Waals surface area contributed by atoms with E-state index in [2.05, 4.69) is 51.6 Å². The zero-order valence-electron chi connectivity index (χ0n) is 13.9. The quantitative estimate of drug-likeness (QED) is 0.755. The number of benzene rings is 1. The first-order chi connectivity index (χ1) is 11.8. The smallest absolute Gasteiger partial charge is 0.126 e. The van der Waals surface area contributed by atoms with E-state index >= 15 is 0 Å². The molecule has 0 aliphatic carbocycles. The monoisotopic (exact) mass is 343 g/mol. The fraction of sp³-hybridized carbons (Fsp3) is 0.421. The van der Waals surface area contributed by atoms with E-state index in [1.165, 1.54) is 11.3 Å². The average molecular weight is 343 g/mol. The molecule has 1 aromatic carbocycles. The molecule has 0 radical (unpaired) electrons. The number of anilines is 2. The molecule has 1 aliphatic rings. The van der Waals surface area contributed by atoms with Crippen LogP contribution in [0.1, 0.15) is 18.4 Å². The Kier molecular flexibility index (Phi) is 6.38. The predicted molar refractivity (Wildman–Crippen MR) is 103 cm³/mol. The molecule has 1 aliphatic heterocycles. The summed E-state index contributed by atoms with van der Waals surface area (Å²) in [6.45, 7) is 2.39. The van der Waals surface area contributed by atoms with E-state index in [-0.39, 0.29) is 6.61 Å². The van der Waals surface area contributed by atoms with Gasteiger partial charge < -0.3 is 15.3 Å². The molecule has 0 unspecified atom stereocenters. The van der Waals surface area contributed by atoms with Crippen LogP contribution in [-0.2, 0) is 5.75 Å². The van der Waals surface area contributed by atoms with Crippen LogP contribution in [0.2, 0.25) is 0 Å². The maximum Gasteiger partial charge on any atom is 0.126 e. The second-order valence-electron chi connectivity index (χ2n) is 6.07. The SMILES string of the molecule is OCCSCc1ccnc(NC2CCN(c3ccccc3)CC2)c1. The van der Waals surface area contributed by atoms with Crippen LogP contribution in [-0.4, -0.2) is 41.6 Å². The van der Waals surface area contributed by atoms with Gasteiger partial charge in [0.1, 0.15) is 5.82 Å². The number of aromatic nitrogens is 1. The maximum absolute atomic E-state index is 8.87. The summed E-state index contributed by atoms with van der Waals surface area (Å²) in [7, 11) is 0. The van der Waals surface area contributed by atoms with E-state index in [0.717, 1.165) is 43.3 Å². The fourth-order valence-corrected chi connectivity index (χ4v) is 3.72. The topological polar surface area (TPSA) is 48.4 Å². The lowest BCUT2D eigenvalue weighted by Crippen LogP contribution is -2.39. The first-order valence-corrected chi connectivity index (χ1v) is 9.70. The predicted octanol–water partition coefficient (Wildman–Crippen LogP) is 3.39. The Morgan fingerprint density at radius 3 is 2.71 bits per heavy atom. The van der Waals surface area contributed by atoms with E-state index in [9.17, 15) is 0 Å². The van der Waals surface area contributed by atoms with E-state index < -0.39 is 0 Å². The van der Waals surface area contributed by atoms with Crippen LogP contribution in [0.4, 0.5) is 11.5 Å². The summed E-state index contributed by atoms with van der Waals surface area (Å²) < 4.78 is 0. The molecule has 2 heterocycles. The van der Waals surface area contributed by atoms with Gasteiger partial charge in [-0.1, -0.05) is 18.2 Å². The number of hydrogen-bond acceptors (Lipinski definition) is 5. The van der Waals surface area contributed by atoms with Crippen molar-refractivity contribution in [2.75, 3.05) is 35.7 Å². The summed E-state index contributed by atoms with van der Waals surface area (Å²) in [6.07, 6.45) is 4.12. The number of aliphatic hydroxyl groups is 1. The third kappa shape index (κ3) is 4.89. The van der Waals surface area contributed by atoms with Crippen molar-refractivity contribution in [3.63, 3.8) is 0 Å². The molecule has 24 heavy (non-hydrogen) atoms. The lowest BCUT2D eigenvalue weighted by molar-refractivity contribution is 0.322. The van der Waals surface area contributed by atoms with E-state index in [1.54, 1.807) is 11.8 Å². The Morgan fingerprint density at radius 1 is 1.17 bits per heavy atom. The Labute approximate surface area is 148 Å². The van der Waals surface area contributed by atoms with Crippen molar-refractivity contribution in [2.45, 2.75) is 24.6 Å². The number of thioether (sulfide) groups is 1. The van der Waals surface area contributed by atoms with E-state index in [1.807, 2.05) is 12.3 Å². The van der Waals surface area contributed by atoms with E-state index in [0.29, 0.717) is 6.04 Å². The van der Waals surface area contributed by atoms with Crippen molar-refractivity contribution in [3.05, 3.63) is 54.2 Å².